The summed E-state index contributed by atoms with van der Waals surface area (Å²) in [6.45, 7) is 2.73. The van der Waals surface area contributed by atoms with Gasteiger partial charge < -0.3 is 4.90 Å². The summed E-state index contributed by atoms with van der Waals surface area (Å²) in [5, 5.41) is 2.60. The van der Waals surface area contributed by atoms with Gasteiger partial charge in [-0.2, -0.15) is 0 Å². The zero-order valence-corrected chi connectivity index (χ0v) is 14.8. The van der Waals surface area contributed by atoms with Gasteiger partial charge in [-0.25, -0.2) is 4.98 Å². The van der Waals surface area contributed by atoms with Gasteiger partial charge in [0.25, 0.3) is 5.56 Å². The largest absolute Gasteiger partial charge is 0.333 e. The van der Waals surface area contributed by atoms with E-state index in [0.29, 0.717) is 10.9 Å². The van der Waals surface area contributed by atoms with Crippen LogP contribution in [0, 0.1) is 6.92 Å². The molecule has 25 heavy (non-hydrogen) atoms. The fourth-order valence-corrected chi connectivity index (χ4v) is 4.34. The summed E-state index contributed by atoms with van der Waals surface area (Å²) < 4.78 is 1.42. The van der Waals surface area contributed by atoms with Crippen LogP contribution in [0.2, 0.25) is 0 Å². The zero-order chi connectivity index (χ0) is 17.4. The summed E-state index contributed by atoms with van der Waals surface area (Å²) in [6, 6.07) is 9.83. The summed E-state index contributed by atoms with van der Waals surface area (Å²) in [7, 11) is 0. The van der Waals surface area contributed by atoms with Crippen molar-refractivity contribution >= 4 is 28.1 Å². The van der Waals surface area contributed by atoms with E-state index in [-0.39, 0.29) is 24.1 Å². The van der Waals surface area contributed by atoms with Gasteiger partial charge in [-0.05, 0) is 43.3 Å². The van der Waals surface area contributed by atoms with Crippen LogP contribution in [-0.2, 0) is 11.3 Å². The Balaban J connectivity index is 1.61. The molecule has 1 atom stereocenters. The fraction of sp³-hybridized carbons (Fsp3) is 0.316. The monoisotopic (exact) mass is 353 g/mol. The predicted molar refractivity (Wildman–Crippen MR) is 98.7 cm³/mol. The Hall–Kier alpha value is -2.47. The van der Waals surface area contributed by atoms with Gasteiger partial charge in [0.1, 0.15) is 6.54 Å². The first kappa shape index (κ1) is 16.0. The highest BCUT2D eigenvalue weighted by Crippen LogP contribution is 2.34. The van der Waals surface area contributed by atoms with Crippen molar-refractivity contribution < 1.29 is 4.79 Å². The van der Waals surface area contributed by atoms with Crippen molar-refractivity contribution in [2.24, 2.45) is 0 Å². The summed E-state index contributed by atoms with van der Waals surface area (Å²) in [6.07, 6.45) is 3.46. The van der Waals surface area contributed by atoms with Crippen LogP contribution in [0.25, 0.3) is 10.9 Å². The van der Waals surface area contributed by atoms with Gasteiger partial charge in [-0.3, -0.25) is 14.2 Å². The Labute approximate surface area is 149 Å². The molecule has 3 aromatic rings. The van der Waals surface area contributed by atoms with E-state index >= 15 is 0 Å². The first-order valence-corrected chi connectivity index (χ1v) is 9.30. The molecule has 128 valence electrons. The van der Waals surface area contributed by atoms with Crippen molar-refractivity contribution in [2.45, 2.75) is 32.4 Å². The topological polar surface area (TPSA) is 55.2 Å². The van der Waals surface area contributed by atoms with Crippen LogP contribution in [0.5, 0.6) is 0 Å². The Kier molecular flexibility index (Phi) is 4.13. The molecule has 0 spiro atoms. The SMILES string of the molecule is Cc1ccc2ncn(CC(=O)N3CCCC3c3cccs3)c(=O)c2c1. The number of hydrogen-bond acceptors (Lipinski definition) is 4. The zero-order valence-electron chi connectivity index (χ0n) is 14.0. The first-order valence-electron chi connectivity index (χ1n) is 8.42. The predicted octanol–water partition coefficient (Wildman–Crippen LogP) is 3.13. The van der Waals surface area contributed by atoms with Crippen LogP contribution in [0.15, 0.2) is 46.8 Å². The van der Waals surface area contributed by atoms with E-state index in [1.807, 2.05) is 41.5 Å². The van der Waals surface area contributed by atoms with Crippen molar-refractivity contribution in [3.63, 3.8) is 0 Å². The third-order valence-corrected chi connectivity index (χ3v) is 5.70. The molecule has 1 aliphatic heterocycles. The van der Waals surface area contributed by atoms with E-state index in [9.17, 15) is 9.59 Å². The number of thiophene rings is 1. The normalized spacial score (nSPS) is 17.3. The number of aromatic nitrogens is 2. The van der Waals surface area contributed by atoms with E-state index in [0.717, 1.165) is 24.9 Å². The second-order valence-electron chi connectivity index (χ2n) is 6.46. The van der Waals surface area contributed by atoms with Gasteiger partial charge >= 0.3 is 0 Å². The minimum Gasteiger partial charge on any atom is -0.333 e. The molecule has 3 heterocycles. The second-order valence-corrected chi connectivity index (χ2v) is 7.44. The van der Waals surface area contributed by atoms with Crippen LogP contribution in [-0.4, -0.2) is 26.9 Å². The highest BCUT2D eigenvalue weighted by Gasteiger charge is 2.30. The molecule has 1 amide bonds. The third kappa shape index (κ3) is 2.98. The molecule has 0 saturated carbocycles. The number of hydrogen-bond donors (Lipinski definition) is 0. The number of rotatable bonds is 3. The number of fused-ring (bicyclic) bond motifs is 1. The quantitative estimate of drug-likeness (QED) is 0.727. The van der Waals surface area contributed by atoms with E-state index < -0.39 is 0 Å². The standard InChI is InChI=1S/C19H19N3O2S/c1-13-6-7-15-14(10-13)19(24)21(12-20-15)11-18(23)22-8-2-4-16(22)17-5-3-9-25-17/h3,5-7,9-10,12,16H,2,4,8,11H2,1H3. The lowest BCUT2D eigenvalue weighted by Gasteiger charge is -2.24. The number of likely N-dealkylation sites (tertiary alicyclic amines) is 1. The highest BCUT2D eigenvalue weighted by molar-refractivity contribution is 7.10. The van der Waals surface area contributed by atoms with Gasteiger partial charge in [0.15, 0.2) is 0 Å². The molecule has 1 saturated heterocycles. The number of amides is 1. The molecule has 6 heteroatoms. The maximum Gasteiger partial charge on any atom is 0.261 e. The summed E-state index contributed by atoms with van der Waals surface area (Å²) >= 11 is 1.68. The molecule has 1 aliphatic rings. The van der Waals surface area contributed by atoms with Crippen LogP contribution >= 0.6 is 11.3 Å². The summed E-state index contributed by atoms with van der Waals surface area (Å²) in [5.41, 5.74) is 1.51. The fourth-order valence-electron chi connectivity index (χ4n) is 3.46. The van der Waals surface area contributed by atoms with Crippen LogP contribution < -0.4 is 5.56 Å². The van der Waals surface area contributed by atoms with E-state index in [1.165, 1.54) is 15.8 Å². The van der Waals surface area contributed by atoms with E-state index in [1.54, 1.807) is 11.3 Å². The van der Waals surface area contributed by atoms with Crippen molar-refractivity contribution in [3.8, 4) is 0 Å². The van der Waals surface area contributed by atoms with Crippen LogP contribution in [0.3, 0.4) is 0 Å². The molecule has 2 aromatic heterocycles. The number of benzene rings is 1. The average Bonchev–Trinajstić information content (AvgIpc) is 3.28. The number of nitrogens with zero attached hydrogens (tertiary/aromatic N) is 3. The van der Waals surface area contributed by atoms with Gasteiger partial charge in [0, 0.05) is 11.4 Å². The molecule has 0 N–H and O–H groups in total. The third-order valence-electron chi connectivity index (χ3n) is 4.73. The Morgan fingerprint density at radius 3 is 3.04 bits per heavy atom. The molecule has 5 nitrogen and oxygen atoms in total. The molecular formula is C19H19N3O2S. The smallest absolute Gasteiger partial charge is 0.261 e. The Morgan fingerprint density at radius 1 is 1.36 bits per heavy atom. The molecule has 4 rings (SSSR count). The van der Waals surface area contributed by atoms with E-state index in [4.69, 9.17) is 0 Å². The summed E-state index contributed by atoms with van der Waals surface area (Å²) in [4.78, 5) is 33.0. The lowest BCUT2D eigenvalue weighted by molar-refractivity contribution is -0.132. The minimum atomic E-state index is -0.158. The van der Waals surface area contributed by atoms with Crippen LogP contribution in [0.4, 0.5) is 0 Å². The minimum absolute atomic E-state index is 0.0215. The molecule has 1 unspecified atom stereocenters. The Morgan fingerprint density at radius 2 is 2.24 bits per heavy atom. The first-order chi connectivity index (χ1) is 12.1. The van der Waals surface area contributed by atoms with E-state index in [2.05, 4.69) is 11.1 Å². The molecule has 0 aliphatic carbocycles. The van der Waals surface area contributed by atoms with Gasteiger partial charge in [-0.15, -0.1) is 11.3 Å². The highest BCUT2D eigenvalue weighted by atomic mass is 32.1. The molecule has 0 bridgehead atoms. The molecule has 1 fully saturated rings. The molecular weight excluding hydrogens is 334 g/mol. The molecule has 0 radical (unpaired) electrons. The lowest BCUT2D eigenvalue weighted by atomic mass is 10.1. The lowest BCUT2D eigenvalue weighted by Crippen LogP contribution is -2.36. The maximum atomic E-state index is 12.8. The number of carbonyl (C=O) groups is 1. The Bertz CT molecular complexity index is 978. The number of carbonyl (C=O) groups excluding carboxylic acids is 1. The average molecular weight is 353 g/mol. The van der Waals surface area contributed by atoms with Gasteiger partial charge in [0.05, 0.1) is 23.3 Å². The summed E-state index contributed by atoms with van der Waals surface area (Å²) in [5.74, 6) is -0.0215. The maximum absolute atomic E-state index is 12.8. The van der Waals surface area contributed by atoms with Crippen molar-refractivity contribution in [1.29, 1.82) is 0 Å². The van der Waals surface area contributed by atoms with Crippen LogP contribution in [0.1, 0.15) is 29.3 Å². The number of aryl methyl sites for hydroxylation is 1. The van der Waals surface area contributed by atoms with Gasteiger partial charge in [-0.1, -0.05) is 17.7 Å². The van der Waals surface area contributed by atoms with Crippen molar-refractivity contribution in [2.75, 3.05) is 6.54 Å². The van der Waals surface area contributed by atoms with Gasteiger partial charge in [0.2, 0.25) is 5.91 Å². The van der Waals surface area contributed by atoms with Crippen molar-refractivity contribution in [1.82, 2.24) is 14.5 Å². The van der Waals surface area contributed by atoms with Crippen molar-refractivity contribution in [3.05, 3.63) is 62.8 Å². The molecule has 1 aromatic carbocycles. The second kappa shape index (κ2) is 6.44.